The molecule has 0 bridgehead atoms. The minimum absolute atomic E-state index is 0.116. The predicted octanol–water partition coefficient (Wildman–Crippen LogP) is 3.22. The Morgan fingerprint density at radius 1 is 1.04 bits per heavy atom. The molecule has 6 heteroatoms. The smallest absolute Gasteiger partial charge is 0.243 e. The molecule has 0 unspecified atom stereocenters. The third-order valence-corrected chi connectivity index (χ3v) is 4.38. The minimum Gasteiger partial charge on any atom is -0.369 e. The van der Waals surface area contributed by atoms with Gasteiger partial charge in [0, 0.05) is 37.8 Å². The minimum atomic E-state index is -0.196. The van der Waals surface area contributed by atoms with E-state index < -0.39 is 0 Å². The molecule has 1 fully saturated rings. The van der Waals surface area contributed by atoms with E-state index in [2.05, 4.69) is 40.7 Å². The number of halogens is 1. The fourth-order valence-electron chi connectivity index (χ4n) is 2.83. The maximum atomic E-state index is 13.0. The van der Waals surface area contributed by atoms with Crippen LogP contribution in [-0.2, 0) is 0 Å². The molecular formula is C17H23FN4O. The summed E-state index contributed by atoms with van der Waals surface area (Å²) >= 11 is 0. The van der Waals surface area contributed by atoms with Crippen LogP contribution in [0.3, 0.4) is 0 Å². The highest BCUT2D eigenvalue weighted by atomic mass is 19.1. The lowest BCUT2D eigenvalue weighted by atomic mass is 10.2. The number of piperazine rings is 1. The number of nitrogens with zero attached hydrogens (tertiary/aromatic N) is 4. The molecule has 1 saturated heterocycles. The summed E-state index contributed by atoms with van der Waals surface area (Å²) in [4.78, 5) is 9.12. The highest BCUT2D eigenvalue weighted by Gasteiger charge is 2.26. The Bertz CT molecular complexity index is 632. The van der Waals surface area contributed by atoms with E-state index in [1.807, 2.05) is 12.1 Å². The van der Waals surface area contributed by atoms with Crippen LogP contribution < -0.4 is 4.90 Å². The molecule has 1 aromatic carbocycles. The fourth-order valence-corrected chi connectivity index (χ4v) is 2.83. The number of rotatable bonds is 4. The first-order valence-corrected chi connectivity index (χ1v) is 8.12. The Morgan fingerprint density at radius 2 is 1.70 bits per heavy atom. The Kier molecular flexibility index (Phi) is 4.61. The molecule has 0 saturated carbocycles. The van der Waals surface area contributed by atoms with Gasteiger partial charge < -0.3 is 9.42 Å². The number of hydrogen-bond acceptors (Lipinski definition) is 5. The van der Waals surface area contributed by atoms with Crippen molar-refractivity contribution in [1.29, 1.82) is 0 Å². The lowest BCUT2D eigenvalue weighted by Gasteiger charge is -2.38. The summed E-state index contributed by atoms with van der Waals surface area (Å²) in [5, 5.41) is 4.04. The molecule has 5 nitrogen and oxygen atoms in total. The SMILES string of the molecule is CC(C)c1noc([C@@H](C)N2CCN(c3ccc(F)cc3)CC2)n1. The number of aromatic nitrogens is 2. The van der Waals surface area contributed by atoms with Crippen molar-refractivity contribution in [2.24, 2.45) is 0 Å². The topological polar surface area (TPSA) is 45.4 Å². The molecule has 0 N–H and O–H groups in total. The van der Waals surface area contributed by atoms with Crippen LogP contribution in [0, 0.1) is 5.82 Å². The van der Waals surface area contributed by atoms with E-state index in [0.29, 0.717) is 5.89 Å². The van der Waals surface area contributed by atoms with Crippen molar-refractivity contribution in [3.8, 4) is 0 Å². The molecule has 0 spiro atoms. The third-order valence-electron chi connectivity index (χ3n) is 4.38. The van der Waals surface area contributed by atoms with Gasteiger partial charge in [0.1, 0.15) is 5.82 Å². The first-order valence-electron chi connectivity index (χ1n) is 8.12. The van der Waals surface area contributed by atoms with Crippen molar-refractivity contribution < 1.29 is 8.91 Å². The van der Waals surface area contributed by atoms with Gasteiger partial charge in [-0.15, -0.1) is 0 Å². The third kappa shape index (κ3) is 3.52. The second kappa shape index (κ2) is 6.66. The first-order chi connectivity index (χ1) is 11.0. The molecule has 0 amide bonds. The molecule has 1 atom stereocenters. The molecule has 1 aliphatic heterocycles. The number of benzene rings is 1. The summed E-state index contributed by atoms with van der Waals surface area (Å²) in [5.41, 5.74) is 1.07. The summed E-state index contributed by atoms with van der Waals surface area (Å²) < 4.78 is 18.4. The predicted molar refractivity (Wildman–Crippen MR) is 87.0 cm³/mol. The number of hydrogen-bond donors (Lipinski definition) is 0. The second-order valence-corrected chi connectivity index (χ2v) is 6.32. The van der Waals surface area contributed by atoms with E-state index in [-0.39, 0.29) is 17.8 Å². The quantitative estimate of drug-likeness (QED) is 0.866. The van der Waals surface area contributed by atoms with Crippen LogP contribution in [0.15, 0.2) is 28.8 Å². The summed E-state index contributed by atoms with van der Waals surface area (Å²) in [6, 6.07) is 6.81. The van der Waals surface area contributed by atoms with Gasteiger partial charge in [-0.05, 0) is 31.2 Å². The highest BCUT2D eigenvalue weighted by molar-refractivity contribution is 5.46. The van der Waals surface area contributed by atoms with Crippen molar-refractivity contribution in [1.82, 2.24) is 15.0 Å². The van der Waals surface area contributed by atoms with E-state index >= 15 is 0 Å². The summed E-state index contributed by atoms with van der Waals surface area (Å²) in [6.07, 6.45) is 0. The molecule has 1 aliphatic rings. The van der Waals surface area contributed by atoms with Crippen molar-refractivity contribution in [2.75, 3.05) is 31.1 Å². The molecule has 2 heterocycles. The van der Waals surface area contributed by atoms with E-state index in [0.717, 1.165) is 37.7 Å². The van der Waals surface area contributed by atoms with Gasteiger partial charge >= 0.3 is 0 Å². The van der Waals surface area contributed by atoms with Gasteiger partial charge in [-0.2, -0.15) is 4.98 Å². The van der Waals surface area contributed by atoms with E-state index in [4.69, 9.17) is 4.52 Å². The van der Waals surface area contributed by atoms with Crippen molar-refractivity contribution in [2.45, 2.75) is 32.7 Å². The first kappa shape index (κ1) is 15.9. The molecule has 0 aliphatic carbocycles. The van der Waals surface area contributed by atoms with Gasteiger partial charge in [0.25, 0.3) is 0 Å². The second-order valence-electron chi connectivity index (χ2n) is 6.32. The summed E-state index contributed by atoms with van der Waals surface area (Å²) in [5.74, 6) is 1.52. The van der Waals surface area contributed by atoms with Crippen LogP contribution in [0.4, 0.5) is 10.1 Å². The Labute approximate surface area is 136 Å². The largest absolute Gasteiger partial charge is 0.369 e. The van der Waals surface area contributed by atoms with Crippen LogP contribution in [-0.4, -0.2) is 41.2 Å². The number of anilines is 1. The van der Waals surface area contributed by atoms with Gasteiger partial charge in [-0.3, -0.25) is 4.90 Å². The zero-order chi connectivity index (χ0) is 16.4. The van der Waals surface area contributed by atoms with Gasteiger partial charge in [0.15, 0.2) is 5.82 Å². The van der Waals surface area contributed by atoms with Crippen molar-refractivity contribution in [3.05, 3.63) is 41.8 Å². The van der Waals surface area contributed by atoms with Gasteiger partial charge in [0.05, 0.1) is 6.04 Å². The Hall–Kier alpha value is -1.95. The molecule has 3 rings (SSSR count). The average Bonchev–Trinajstić information content (AvgIpc) is 3.05. The van der Waals surface area contributed by atoms with E-state index in [9.17, 15) is 4.39 Å². The monoisotopic (exact) mass is 318 g/mol. The lowest BCUT2D eigenvalue weighted by molar-refractivity contribution is 0.164. The molecular weight excluding hydrogens is 295 g/mol. The van der Waals surface area contributed by atoms with Crippen LogP contribution in [0.1, 0.15) is 44.4 Å². The van der Waals surface area contributed by atoms with Crippen molar-refractivity contribution in [3.63, 3.8) is 0 Å². The van der Waals surface area contributed by atoms with Gasteiger partial charge in [-0.1, -0.05) is 19.0 Å². The van der Waals surface area contributed by atoms with Crippen LogP contribution in [0.5, 0.6) is 0 Å². The fraction of sp³-hybridized carbons (Fsp3) is 0.529. The van der Waals surface area contributed by atoms with Crippen molar-refractivity contribution >= 4 is 5.69 Å². The van der Waals surface area contributed by atoms with E-state index in [1.165, 1.54) is 12.1 Å². The van der Waals surface area contributed by atoms with Gasteiger partial charge in [0.2, 0.25) is 5.89 Å². The molecule has 124 valence electrons. The van der Waals surface area contributed by atoms with E-state index in [1.54, 1.807) is 0 Å². The Balaban J connectivity index is 1.60. The lowest BCUT2D eigenvalue weighted by Crippen LogP contribution is -2.47. The standard InChI is InChI=1S/C17H23FN4O/c1-12(2)16-19-17(23-20-16)13(3)21-8-10-22(11-9-21)15-6-4-14(18)5-7-15/h4-7,12-13H,8-11H2,1-3H3/t13-/m1/s1. The van der Waals surface area contributed by atoms with Crippen LogP contribution >= 0.6 is 0 Å². The Morgan fingerprint density at radius 3 is 2.26 bits per heavy atom. The zero-order valence-electron chi connectivity index (χ0n) is 13.9. The zero-order valence-corrected chi connectivity index (χ0v) is 13.9. The summed E-state index contributed by atoms with van der Waals surface area (Å²) in [6.45, 7) is 9.85. The van der Waals surface area contributed by atoms with Crippen LogP contribution in [0.25, 0.3) is 0 Å². The maximum Gasteiger partial charge on any atom is 0.243 e. The summed E-state index contributed by atoms with van der Waals surface area (Å²) in [7, 11) is 0. The molecule has 0 radical (unpaired) electrons. The normalized spacial score (nSPS) is 17.7. The van der Waals surface area contributed by atoms with Crippen LogP contribution in [0.2, 0.25) is 0 Å². The highest BCUT2D eigenvalue weighted by Crippen LogP contribution is 2.24. The van der Waals surface area contributed by atoms with Gasteiger partial charge in [-0.25, -0.2) is 4.39 Å². The average molecular weight is 318 g/mol. The molecule has 2 aromatic rings. The maximum absolute atomic E-state index is 13.0. The molecule has 1 aromatic heterocycles. The molecule has 23 heavy (non-hydrogen) atoms.